The standard InChI is InChI=1S/C18H19ClN4O/c1-24-18-8-7-14(10-20-22-17-5-3-2-4-6-17)9-15(18)12-23-13-16(19)11-21-23/h2-9,11,13,20,22H,10,12H2,1H3. The van der Waals surface area contributed by atoms with Gasteiger partial charge in [-0.2, -0.15) is 5.10 Å². The quantitative estimate of drug-likeness (QED) is 0.643. The van der Waals surface area contributed by atoms with Crippen molar-refractivity contribution in [2.75, 3.05) is 12.5 Å². The number of rotatable bonds is 7. The second kappa shape index (κ2) is 7.86. The van der Waals surface area contributed by atoms with Crippen LogP contribution in [0.2, 0.25) is 5.02 Å². The van der Waals surface area contributed by atoms with Crippen molar-refractivity contribution in [2.24, 2.45) is 0 Å². The highest BCUT2D eigenvalue weighted by atomic mass is 35.5. The molecule has 0 aliphatic rings. The number of hydrogen-bond acceptors (Lipinski definition) is 4. The number of anilines is 1. The number of nitrogens with one attached hydrogen (secondary N) is 2. The highest BCUT2D eigenvalue weighted by Gasteiger charge is 2.07. The molecule has 0 fully saturated rings. The number of nitrogens with zero attached hydrogens (tertiary/aromatic N) is 2. The molecule has 0 spiro atoms. The van der Waals surface area contributed by atoms with Crippen LogP contribution in [0, 0.1) is 0 Å². The summed E-state index contributed by atoms with van der Waals surface area (Å²) in [6.07, 6.45) is 3.42. The van der Waals surface area contributed by atoms with Gasteiger partial charge >= 0.3 is 0 Å². The molecule has 24 heavy (non-hydrogen) atoms. The fourth-order valence-corrected chi connectivity index (χ4v) is 2.59. The lowest BCUT2D eigenvalue weighted by Crippen LogP contribution is -2.20. The first-order valence-corrected chi connectivity index (χ1v) is 8.00. The molecule has 0 saturated heterocycles. The van der Waals surface area contributed by atoms with E-state index in [0.29, 0.717) is 18.1 Å². The Morgan fingerprint density at radius 2 is 2.00 bits per heavy atom. The van der Waals surface area contributed by atoms with Crippen molar-refractivity contribution in [3.63, 3.8) is 0 Å². The molecule has 0 amide bonds. The van der Waals surface area contributed by atoms with E-state index in [2.05, 4.69) is 22.0 Å². The minimum absolute atomic E-state index is 0.607. The van der Waals surface area contributed by atoms with Crippen LogP contribution in [0.3, 0.4) is 0 Å². The summed E-state index contributed by atoms with van der Waals surface area (Å²) < 4.78 is 7.23. The van der Waals surface area contributed by atoms with Gasteiger partial charge in [-0.3, -0.25) is 4.68 Å². The molecule has 0 atom stereocenters. The average molecular weight is 343 g/mol. The van der Waals surface area contributed by atoms with Gasteiger partial charge in [-0.15, -0.1) is 0 Å². The molecule has 1 aromatic heterocycles. The Hall–Kier alpha value is -2.50. The van der Waals surface area contributed by atoms with E-state index in [1.807, 2.05) is 42.5 Å². The smallest absolute Gasteiger partial charge is 0.123 e. The maximum absolute atomic E-state index is 5.93. The zero-order valence-electron chi connectivity index (χ0n) is 13.4. The van der Waals surface area contributed by atoms with Crippen LogP contribution in [-0.4, -0.2) is 16.9 Å². The number of halogens is 1. The number of methoxy groups -OCH3 is 1. The van der Waals surface area contributed by atoms with Gasteiger partial charge in [0, 0.05) is 24.0 Å². The molecule has 1 heterocycles. The molecule has 2 aromatic carbocycles. The van der Waals surface area contributed by atoms with Crippen molar-refractivity contribution in [3.05, 3.63) is 77.1 Å². The number of para-hydroxylation sites is 1. The molecule has 0 radical (unpaired) electrons. The number of benzene rings is 2. The van der Waals surface area contributed by atoms with Crippen LogP contribution in [0.4, 0.5) is 5.69 Å². The van der Waals surface area contributed by atoms with Gasteiger partial charge in [0.1, 0.15) is 5.75 Å². The summed E-state index contributed by atoms with van der Waals surface area (Å²) >= 11 is 5.93. The van der Waals surface area contributed by atoms with E-state index in [1.165, 1.54) is 0 Å². The molecule has 6 heteroatoms. The molecular weight excluding hydrogens is 324 g/mol. The maximum atomic E-state index is 5.93. The summed E-state index contributed by atoms with van der Waals surface area (Å²) in [6, 6.07) is 16.1. The average Bonchev–Trinajstić information content (AvgIpc) is 3.01. The predicted octanol–water partition coefficient (Wildman–Crippen LogP) is 3.71. The summed E-state index contributed by atoms with van der Waals surface area (Å²) in [7, 11) is 1.67. The number of hydrazine groups is 1. The first-order chi connectivity index (χ1) is 11.7. The predicted molar refractivity (Wildman–Crippen MR) is 96.2 cm³/mol. The van der Waals surface area contributed by atoms with Crippen molar-refractivity contribution >= 4 is 17.3 Å². The Morgan fingerprint density at radius 3 is 2.71 bits per heavy atom. The van der Waals surface area contributed by atoms with Crippen LogP contribution in [0.15, 0.2) is 60.9 Å². The van der Waals surface area contributed by atoms with Gasteiger partial charge in [0.2, 0.25) is 0 Å². The first-order valence-electron chi connectivity index (χ1n) is 7.62. The van der Waals surface area contributed by atoms with Gasteiger partial charge < -0.3 is 10.2 Å². The Kier molecular flexibility index (Phi) is 5.36. The van der Waals surface area contributed by atoms with Crippen LogP contribution < -0.4 is 15.6 Å². The van der Waals surface area contributed by atoms with Crippen LogP contribution in [-0.2, 0) is 13.1 Å². The molecule has 5 nitrogen and oxygen atoms in total. The topological polar surface area (TPSA) is 51.1 Å². The van der Waals surface area contributed by atoms with E-state index in [0.717, 1.165) is 22.6 Å². The lowest BCUT2D eigenvalue weighted by Gasteiger charge is -2.12. The molecule has 3 rings (SSSR count). The third-order valence-corrected chi connectivity index (χ3v) is 3.77. The van der Waals surface area contributed by atoms with Crippen LogP contribution in [0.1, 0.15) is 11.1 Å². The summed E-state index contributed by atoms with van der Waals surface area (Å²) in [5, 5.41) is 4.84. The minimum atomic E-state index is 0.607. The SMILES string of the molecule is COc1ccc(CNNc2ccccc2)cc1Cn1cc(Cl)cn1. The number of hydrogen-bond donors (Lipinski definition) is 2. The summed E-state index contributed by atoms with van der Waals surface area (Å²) in [4.78, 5) is 0. The highest BCUT2D eigenvalue weighted by molar-refractivity contribution is 6.30. The molecule has 2 N–H and O–H groups in total. The zero-order valence-corrected chi connectivity index (χ0v) is 14.1. The number of ether oxygens (including phenoxy) is 1. The Bertz CT molecular complexity index is 789. The molecule has 0 unspecified atom stereocenters. The normalized spacial score (nSPS) is 10.6. The summed E-state index contributed by atoms with van der Waals surface area (Å²) in [6.45, 7) is 1.29. The zero-order chi connectivity index (χ0) is 16.8. The fourth-order valence-electron chi connectivity index (χ4n) is 2.43. The maximum Gasteiger partial charge on any atom is 0.123 e. The van der Waals surface area contributed by atoms with Gasteiger partial charge in [0.25, 0.3) is 0 Å². The van der Waals surface area contributed by atoms with E-state index in [4.69, 9.17) is 16.3 Å². The monoisotopic (exact) mass is 342 g/mol. The van der Waals surface area contributed by atoms with Gasteiger partial charge in [0.05, 0.1) is 24.9 Å². The molecule has 3 aromatic rings. The van der Waals surface area contributed by atoms with Crippen molar-refractivity contribution in [2.45, 2.75) is 13.1 Å². The Labute approximate surface area is 146 Å². The van der Waals surface area contributed by atoms with Crippen molar-refractivity contribution < 1.29 is 4.74 Å². The van der Waals surface area contributed by atoms with Crippen molar-refractivity contribution in [3.8, 4) is 5.75 Å². The third kappa shape index (κ3) is 4.28. The molecule has 0 aliphatic heterocycles. The van der Waals surface area contributed by atoms with Crippen molar-refractivity contribution in [1.29, 1.82) is 0 Å². The van der Waals surface area contributed by atoms with Crippen molar-refractivity contribution in [1.82, 2.24) is 15.2 Å². The molecule has 0 aliphatic carbocycles. The highest BCUT2D eigenvalue weighted by Crippen LogP contribution is 2.21. The Balaban J connectivity index is 1.66. The van der Waals surface area contributed by atoms with E-state index in [9.17, 15) is 0 Å². The fraction of sp³-hybridized carbons (Fsp3) is 0.167. The second-order valence-electron chi connectivity index (χ2n) is 5.35. The van der Waals surface area contributed by atoms with Gasteiger partial charge in [-0.1, -0.05) is 35.9 Å². The molecule has 0 saturated carbocycles. The first kappa shape index (κ1) is 16.4. The van der Waals surface area contributed by atoms with Gasteiger partial charge in [0.15, 0.2) is 0 Å². The summed E-state index contributed by atoms with van der Waals surface area (Å²) in [5.41, 5.74) is 9.62. The third-order valence-electron chi connectivity index (χ3n) is 3.58. The van der Waals surface area contributed by atoms with Gasteiger partial charge in [-0.05, 0) is 29.8 Å². The Morgan fingerprint density at radius 1 is 1.17 bits per heavy atom. The van der Waals surface area contributed by atoms with Crippen LogP contribution in [0.25, 0.3) is 0 Å². The minimum Gasteiger partial charge on any atom is -0.496 e. The lowest BCUT2D eigenvalue weighted by atomic mass is 10.1. The van der Waals surface area contributed by atoms with E-state index in [1.54, 1.807) is 24.2 Å². The van der Waals surface area contributed by atoms with Crippen LogP contribution >= 0.6 is 11.6 Å². The van der Waals surface area contributed by atoms with Gasteiger partial charge in [-0.25, -0.2) is 5.43 Å². The second-order valence-corrected chi connectivity index (χ2v) is 5.78. The lowest BCUT2D eigenvalue weighted by molar-refractivity contribution is 0.407. The molecular formula is C18H19ClN4O. The van der Waals surface area contributed by atoms with E-state index < -0.39 is 0 Å². The van der Waals surface area contributed by atoms with E-state index >= 15 is 0 Å². The molecule has 0 bridgehead atoms. The molecule has 124 valence electrons. The largest absolute Gasteiger partial charge is 0.496 e. The van der Waals surface area contributed by atoms with Crippen LogP contribution in [0.5, 0.6) is 5.75 Å². The van der Waals surface area contributed by atoms with E-state index in [-0.39, 0.29) is 0 Å². The summed E-state index contributed by atoms with van der Waals surface area (Å²) in [5.74, 6) is 0.835. The number of aromatic nitrogens is 2.